The number of hydrogen-bond donors (Lipinski definition) is 2. The number of rotatable bonds is 6. The molecule has 1 heterocycles. The molecule has 0 aliphatic heterocycles. The van der Waals surface area contributed by atoms with Gasteiger partial charge in [0.25, 0.3) is 0 Å². The van der Waals surface area contributed by atoms with Gasteiger partial charge in [-0.05, 0) is 34.4 Å². The lowest BCUT2D eigenvalue weighted by atomic mass is 9.99. The minimum absolute atomic E-state index is 0.394. The van der Waals surface area contributed by atoms with Crippen molar-refractivity contribution in [1.29, 1.82) is 0 Å². The van der Waals surface area contributed by atoms with Gasteiger partial charge in [0.2, 0.25) is 0 Å². The van der Waals surface area contributed by atoms with E-state index in [2.05, 4.69) is 47.3 Å². The summed E-state index contributed by atoms with van der Waals surface area (Å²) in [6.45, 7) is 4.69. The van der Waals surface area contributed by atoms with Gasteiger partial charge in [0, 0.05) is 25.6 Å². The van der Waals surface area contributed by atoms with Crippen molar-refractivity contribution in [2.45, 2.75) is 19.4 Å². The Labute approximate surface area is 113 Å². The van der Waals surface area contributed by atoms with Gasteiger partial charge in [-0.15, -0.1) is 0 Å². The van der Waals surface area contributed by atoms with Crippen LogP contribution in [0.4, 0.5) is 0 Å². The zero-order valence-electron chi connectivity index (χ0n) is 10.7. The number of hydrogen-bond acceptors (Lipinski definition) is 3. The molecule has 3 N–H and O–H groups in total. The minimum Gasteiger partial charge on any atom is -0.330 e. The maximum atomic E-state index is 5.86. The third-order valence-electron chi connectivity index (χ3n) is 3.22. The van der Waals surface area contributed by atoms with Crippen LogP contribution >= 0.6 is 11.3 Å². The summed E-state index contributed by atoms with van der Waals surface area (Å²) in [7, 11) is 0. The Morgan fingerprint density at radius 3 is 2.61 bits per heavy atom. The number of nitrogens with two attached hydrogens (primary N) is 1. The summed E-state index contributed by atoms with van der Waals surface area (Å²) in [5, 5.41) is 7.90. The van der Waals surface area contributed by atoms with Crippen molar-refractivity contribution >= 4 is 11.3 Å². The van der Waals surface area contributed by atoms with Crippen molar-refractivity contribution in [2.75, 3.05) is 13.1 Å². The smallest absolute Gasteiger partial charge is 0.0216 e. The normalized spacial score (nSPS) is 12.6. The molecule has 2 nitrogen and oxygen atoms in total. The van der Waals surface area contributed by atoms with E-state index in [0.717, 1.165) is 13.1 Å². The fourth-order valence-electron chi connectivity index (χ4n) is 2.01. The molecule has 2 aromatic rings. The van der Waals surface area contributed by atoms with E-state index in [9.17, 15) is 0 Å². The summed E-state index contributed by atoms with van der Waals surface area (Å²) in [4.78, 5) is 0. The van der Waals surface area contributed by atoms with E-state index in [1.807, 2.05) is 6.07 Å². The Balaban J connectivity index is 1.87. The van der Waals surface area contributed by atoms with Crippen molar-refractivity contribution in [3.8, 4) is 0 Å². The molecular weight excluding hydrogens is 240 g/mol. The molecule has 0 spiro atoms. The van der Waals surface area contributed by atoms with Gasteiger partial charge in [0.15, 0.2) is 0 Å². The quantitative estimate of drug-likeness (QED) is 0.838. The van der Waals surface area contributed by atoms with Crippen LogP contribution in [0, 0.1) is 6.92 Å². The molecule has 0 radical (unpaired) electrons. The molecule has 0 fully saturated rings. The monoisotopic (exact) mass is 260 g/mol. The number of nitrogens with one attached hydrogen (secondary N) is 1. The van der Waals surface area contributed by atoms with Crippen LogP contribution in [-0.4, -0.2) is 13.1 Å². The molecule has 96 valence electrons. The average Bonchev–Trinajstić information content (AvgIpc) is 2.81. The van der Waals surface area contributed by atoms with E-state index in [1.54, 1.807) is 11.3 Å². The Hall–Kier alpha value is -1.16. The SMILES string of the molecule is Cc1cscc1CNCC(CN)c1ccccc1. The van der Waals surface area contributed by atoms with Gasteiger partial charge < -0.3 is 11.1 Å². The number of thiophene rings is 1. The Bertz CT molecular complexity index is 464. The molecule has 3 heteroatoms. The summed E-state index contributed by atoms with van der Waals surface area (Å²) in [6, 6.07) is 10.5. The lowest BCUT2D eigenvalue weighted by Crippen LogP contribution is -2.26. The summed E-state index contributed by atoms with van der Waals surface area (Å²) in [5.74, 6) is 0.394. The van der Waals surface area contributed by atoms with Crippen LogP contribution < -0.4 is 11.1 Å². The highest BCUT2D eigenvalue weighted by molar-refractivity contribution is 7.08. The zero-order chi connectivity index (χ0) is 12.8. The first-order valence-electron chi connectivity index (χ1n) is 6.28. The van der Waals surface area contributed by atoms with E-state index in [0.29, 0.717) is 12.5 Å². The molecule has 0 bridgehead atoms. The predicted molar refractivity (Wildman–Crippen MR) is 79.0 cm³/mol. The van der Waals surface area contributed by atoms with Crippen LogP contribution in [0.3, 0.4) is 0 Å². The average molecular weight is 260 g/mol. The molecule has 0 aliphatic carbocycles. The second-order valence-corrected chi connectivity index (χ2v) is 5.30. The highest BCUT2D eigenvalue weighted by Crippen LogP contribution is 2.15. The minimum atomic E-state index is 0.394. The van der Waals surface area contributed by atoms with Crippen molar-refractivity contribution in [3.63, 3.8) is 0 Å². The van der Waals surface area contributed by atoms with Crippen LogP contribution in [0.1, 0.15) is 22.6 Å². The first-order valence-corrected chi connectivity index (χ1v) is 7.23. The number of benzene rings is 1. The van der Waals surface area contributed by atoms with E-state index < -0.39 is 0 Å². The van der Waals surface area contributed by atoms with Crippen LogP contribution in [0.5, 0.6) is 0 Å². The first-order chi connectivity index (χ1) is 8.81. The predicted octanol–water partition coefficient (Wildman–Crippen LogP) is 2.89. The van der Waals surface area contributed by atoms with Gasteiger partial charge in [0.1, 0.15) is 0 Å². The zero-order valence-corrected chi connectivity index (χ0v) is 11.5. The molecular formula is C15H20N2S. The highest BCUT2D eigenvalue weighted by Gasteiger charge is 2.08. The van der Waals surface area contributed by atoms with Gasteiger partial charge in [0.05, 0.1) is 0 Å². The molecule has 0 saturated carbocycles. The second kappa shape index (κ2) is 6.69. The van der Waals surface area contributed by atoms with Gasteiger partial charge in [-0.1, -0.05) is 30.3 Å². The van der Waals surface area contributed by atoms with Crippen molar-refractivity contribution in [2.24, 2.45) is 5.73 Å². The first kappa shape index (κ1) is 13.3. The summed E-state index contributed by atoms with van der Waals surface area (Å²) >= 11 is 1.76. The summed E-state index contributed by atoms with van der Waals surface area (Å²) in [6.07, 6.45) is 0. The third-order valence-corrected chi connectivity index (χ3v) is 4.13. The molecule has 1 unspecified atom stereocenters. The fourth-order valence-corrected chi connectivity index (χ4v) is 2.87. The highest BCUT2D eigenvalue weighted by atomic mass is 32.1. The molecule has 1 aromatic heterocycles. The molecule has 0 saturated heterocycles. The van der Waals surface area contributed by atoms with Gasteiger partial charge in [-0.2, -0.15) is 11.3 Å². The van der Waals surface area contributed by atoms with Crippen LogP contribution in [0.15, 0.2) is 41.1 Å². The van der Waals surface area contributed by atoms with E-state index in [-0.39, 0.29) is 0 Å². The molecule has 1 aromatic carbocycles. The maximum absolute atomic E-state index is 5.86. The van der Waals surface area contributed by atoms with E-state index in [1.165, 1.54) is 16.7 Å². The summed E-state index contributed by atoms with van der Waals surface area (Å²) < 4.78 is 0. The van der Waals surface area contributed by atoms with Crippen molar-refractivity contribution in [3.05, 3.63) is 57.8 Å². The van der Waals surface area contributed by atoms with Crippen molar-refractivity contribution in [1.82, 2.24) is 5.32 Å². The Morgan fingerprint density at radius 2 is 2.00 bits per heavy atom. The van der Waals surface area contributed by atoms with E-state index in [4.69, 9.17) is 5.73 Å². The van der Waals surface area contributed by atoms with Crippen molar-refractivity contribution < 1.29 is 0 Å². The maximum Gasteiger partial charge on any atom is 0.0216 e. The van der Waals surface area contributed by atoms with Gasteiger partial charge in [-0.25, -0.2) is 0 Å². The van der Waals surface area contributed by atoms with E-state index >= 15 is 0 Å². The van der Waals surface area contributed by atoms with Gasteiger partial charge in [-0.3, -0.25) is 0 Å². The Kier molecular flexibility index (Phi) is 4.93. The lowest BCUT2D eigenvalue weighted by molar-refractivity contribution is 0.588. The lowest BCUT2D eigenvalue weighted by Gasteiger charge is -2.16. The molecule has 1 atom stereocenters. The standard InChI is InChI=1S/C15H20N2S/c1-12-10-18-11-15(12)9-17-8-14(7-16)13-5-3-2-4-6-13/h2-6,10-11,14,17H,7-9,16H2,1H3. The fraction of sp³-hybridized carbons (Fsp3) is 0.333. The Morgan fingerprint density at radius 1 is 1.22 bits per heavy atom. The van der Waals surface area contributed by atoms with Crippen LogP contribution in [-0.2, 0) is 6.54 Å². The molecule has 18 heavy (non-hydrogen) atoms. The molecule has 0 aliphatic rings. The number of aryl methyl sites for hydroxylation is 1. The topological polar surface area (TPSA) is 38.0 Å². The van der Waals surface area contributed by atoms with Gasteiger partial charge >= 0.3 is 0 Å². The second-order valence-electron chi connectivity index (χ2n) is 4.55. The summed E-state index contributed by atoms with van der Waals surface area (Å²) in [5.41, 5.74) is 9.93. The molecule has 2 rings (SSSR count). The van der Waals surface area contributed by atoms with Crippen LogP contribution in [0.2, 0.25) is 0 Å². The molecule has 0 amide bonds. The largest absolute Gasteiger partial charge is 0.330 e. The van der Waals surface area contributed by atoms with Crippen LogP contribution in [0.25, 0.3) is 0 Å². The third kappa shape index (κ3) is 3.42.